The summed E-state index contributed by atoms with van der Waals surface area (Å²) in [7, 11) is 0. The Balaban J connectivity index is 2.29. The second-order valence-electron chi connectivity index (χ2n) is 4.00. The van der Waals surface area contributed by atoms with Gasteiger partial charge in [0.2, 0.25) is 11.8 Å². The molecule has 0 unspecified atom stereocenters. The average molecular weight is 285 g/mol. The van der Waals surface area contributed by atoms with E-state index in [9.17, 15) is 18.8 Å². The molecular weight excluding hydrogens is 265 g/mol. The largest absolute Gasteiger partial charge is 0.398 e. The zero-order valence-corrected chi connectivity index (χ0v) is 9.70. The first kappa shape index (κ1) is 6.34. The van der Waals surface area contributed by atoms with Crippen LogP contribution in [0.15, 0.2) is 12.1 Å². The molecule has 0 saturated carbocycles. The van der Waals surface area contributed by atoms with E-state index in [1.165, 1.54) is 0 Å². The topological polar surface area (TPSA) is 92.5 Å². The van der Waals surface area contributed by atoms with Crippen molar-refractivity contribution in [2.75, 3.05) is 5.73 Å². The summed E-state index contributed by atoms with van der Waals surface area (Å²) in [5, 5.41) is 1.55. The van der Waals surface area contributed by atoms with E-state index in [1.54, 1.807) is 5.32 Å². The molecule has 0 bridgehead atoms. The summed E-state index contributed by atoms with van der Waals surface area (Å²) in [6.07, 6.45) is -6.70. The van der Waals surface area contributed by atoms with E-state index in [1.807, 2.05) is 0 Å². The number of hydrogen-bond donors (Lipinski definition) is 2. The van der Waals surface area contributed by atoms with Crippen LogP contribution in [0.25, 0.3) is 0 Å². The molecular formula is C13H12FN3O3. The molecule has 0 spiro atoms. The molecule has 104 valence electrons. The van der Waals surface area contributed by atoms with E-state index >= 15 is 0 Å². The number of benzene rings is 1. The normalized spacial score (nSPS) is 35.4. The van der Waals surface area contributed by atoms with Crippen molar-refractivity contribution in [1.82, 2.24) is 10.2 Å². The predicted octanol–water partition coefficient (Wildman–Crippen LogP) is 0.169. The number of amides is 3. The molecule has 20 heavy (non-hydrogen) atoms. The minimum atomic E-state index is -3.38. The standard InChI is InChI=1S/C13H12FN3O3/c14-6-3-7-8(9(15)4-6)5-17(13(7)20)10-1-2-11(18)16-12(10)19/h3-4,10H,1-2,5,15H2,(H,16,18,19)/t10-/m0/s1/i1D2,2D2,3D,4D,5D2. The fourth-order valence-corrected chi connectivity index (χ4v) is 1.86. The molecule has 3 rings (SSSR count). The molecule has 1 aromatic carbocycles. The molecule has 0 aromatic heterocycles. The zero-order chi connectivity index (χ0) is 21.6. The first-order valence-corrected chi connectivity index (χ1v) is 5.37. The lowest BCUT2D eigenvalue weighted by Crippen LogP contribution is -2.52. The molecule has 1 aromatic rings. The minimum absolute atomic E-state index is 0.00938. The monoisotopic (exact) mass is 285 g/mol. The predicted molar refractivity (Wildman–Crippen MR) is 66.9 cm³/mol. The number of anilines is 1. The highest BCUT2D eigenvalue weighted by molar-refractivity contribution is 6.06. The molecule has 6 nitrogen and oxygen atoms in total. The summed E-state index contributed by atoms with van der Waals surface area (Å²) in [4.78, 5) is 36.8. The number of carbonyl (C=O) groups excluding carboxylic acids is 3. The number of nitrogen functional groups attached to an aromatic ring is 1. The number of nitrogens with zero attached hydrogens (tertiary/aromatic N) is 1. The highest BCUT2D eigenvalue weighted by atomic mass is 19.1. The van der Waals surface area contributed by atoms with Gasteiger partial charge in [-0.05, 0) is 18.5 Å². The number of nitrogens with two attached hydrogens (primary N) is 1. The Labute approximate surface area is 125 Å². The third-order valence-electron chi connectivity index (χ3n) is 2.73. The third-order valence-corrected chi connectivity index (χ3v) is 2.73. The van der Waals surface area contributed by atoms with Gasteiger partial charge in [-0.2, -0.15) is 0 Å². The number of fused-ring (bicyclic) bond motifs is 1. The molecule has 0 radical (unpaired) electrons. The molecule has 7 heteroatoms. The molecule has 3 N–H and O–H groups in total. The van der Waals surface area contributed by atoms with Crippen LogP contribution in [-0.4, -0.2) is 28.7 Å². The fraction of sp³-hybridized carbons (Fsp3) is 0.308. The van der Waals surface area contributed by atoms with Gasteiger partial charge in [-0.1, -0.05) is 0 Å². The Morgan fingerprint density at radius 3 is 2.95 bits per heavy atom. The van der Waals surface area contributed by atoms with Crippen LogP contribution in [-0.2, 0) is 16.1 Å². The van der Waals surface area contributed by atoms with Crippen LogP contribution < -0.4 is 11.1 Å². The van der Waals surface area contributed by atoms with Gasteiger partial charge in [0.15, 0.2) is 0 Å². The van der Waals surface area contributed by atoms with Crippen molar-refractivity contribution in [3.8, 4) is 0 Å². The van der Waals surface area contributed by atoms with Crippen molar-refractivity contribution in [3.63, 3.8) is 0 Å². The Morgan fingerprint density at radius 2 is 2.20 bits per heavy atom. The van der Waals surface area contributed by atoms with E-state index in [-0.39, 0.29) is 4.90 Å². The summed E-state index contributed by atoms with van der Waals surface area (Å²) in [6, 6.07) is -4.70. The second kappa shape index (κ2) is 4.29. The molecule has 2 heterocycles. The number of hydrogen-bond acceptors (Lipinski definition) is 4. The molecule has 0 aliphatic carbocycles. The van der Waals surface area contributed by atoms with Crippen molar-refractivity contribution in [2.45, 2.75) is 25.3 Å². The number of imide groups is 1. The number of piperidine rings is 1. The molecule has 3 amide bonds. The number of halogens is 1. The Hall–Kier alpha value is -2.44. The lowest BCUT2D eigenvalue weighted by Gasteiger charge is -2.29. The van der Waals surface area contributed by atoms with Gasteiger partial charge in [0.05, 0.1) is 5.48 Å². The van der Waals surface area contributed by atoms with Gasteiger partial charge >= 0.3 is 0 Å². The second-order valence-corrected chi connectivity index (χ2v) is 4.00. The first-order valence-electron chi connectivity index (χ1n) is 9.37. The minimum Gasteiger partial charge on any atom is -0.398 e. The quantitative estimate of drug-likeness (QED) is 0.568. The third kappa shape index (κ3) is 1.82. The van der Waals surface area contributed by atoms with Gasteiger partial charge < -0.3 is 10.6 Å². The molecule has 2 aliphatic rings. The Morgan fingerprint density at radius 1 is 1.45 bits per heavy atom. The van der Waals surface area contributed by atoms with Crippen molar-refractivity contribution in [3.05, 3.63) is 29.0 Å². The van der Waals surface area contributed by atoms with Gasteiger partial charge in [-0.3, -0.25) is 19.7 Å². The summed E-state index contributed by atoms with van der Waals surface area (Å²) in [5.74, 6) is -6.11. The molecule has 1 fully saturated rings. The van der Waals surface area contributed by atoms with Crippen LogP contribution in [0.2, 0.25) is 0 Å². The summed E-state index contributed by atoms with van der Waals surface area (Å²) >= 11 is 0. The maximum absolute atomic E-state index is 14.0. The maximum Gasteiger partial charge on any atom is 0.255 e. The summed E-state index contributed by atoms with van der Waals surface area (Å²) < 4.78 is 76.8. The number of rotatable bonds is 1. The van der Waals surface area contributed by atoms with Gasteiger partial charge in [-0.25, -0.2) is 4.39 Å². The van der Waals surface area contributed by atoms with Crippen molar-refractivity contribution in [2.24, 2.45) is 0 Å². The van der Waals surface area contributed by atoms with Gasteiger partial charge in [0.25, 0.3) is 5.91 Å². The van der Waals surface area contributed by atoms with Crippen LogP contribution >= 0.6 is 0 Å². The van der Waals surface area contributed by atoms with E-state index in [0.29, 0.717) is 0 Å². The van der Waals surface area contributed by atoms with Crippen molar-refractivity contribution in [1.29, 1.82) is 0 Å². The molecule has 1 saturated heterocycles. The Bertz CT molecular complexity index is 967. The van der Waals surface area contributed by atoms with Crippen molar-refractivity contribution >= 4 is 23.4 Å². The lowest BCUT2D eigenvalue weighted by molar-refractivity contribution is -0.136. The van der Waals surface area contributed by atoms with Crippen LogP contribution in [0.3, 0.4) is 0 Å². The smallest absolute Gasteiger partial charge is 0.255 e. The van der Waals surface area contributed by atoms with Crippen LogP contribution in [0.1, 0.15) is 39.6 Å². The van der Waals surface area contributed by atoms with Crippen LogP contribution in [0, 0.1) is 5.82 Å². The van der Waals surface area contributed by atoms with Gasteiger partial charge in [0, 0.05) is 35.2 Å². The Kier molecular flexibility index (Phi) is 1.36. The van der Waals surface area contributed by atoms with Gasteiger partial charge in [0.1, 0.15) is 11.9 Å². The van der Waals surface area contributed by atoms with E-state index in [4.69, 9.17) is 16.7 Å². The zero-order valence-electron chi connectivity index (χ0n) is 17.7. The van der Waals surface area contributed by atoms with Crippen LogP contribution in [0.4, 0.5) is 10.1 Å². The van der Waals surface area contributed by atoms with E-state index < -0.39 is 77.7 Å². The molecule has 2 aliphatic heterocycles. The number of nitrogens with one attached hydrogen (secondary N) is 1. The first-order chi connectivity index (χ1) is 12.6. The highest BCUT2D eigenvalue weighted by Crippen LogP contribution is 2.31. The van der Waals surface area contributed by atoms with E-state index in [2.05, 4.69) is 0 Å². The average Bonchev–Trinajstić information content (AvgIpc) is 2.77. The van der Waals surface area contributed by atoms with Crippen molar-refractivity contribution < 1.29 is 29.7 Å². The number of carbonyl (C=O) groups is 3. The van der Waals surface area contributed by atoms with E-state index in [0.717, 1.165) is 0 Å². The summed E-state index contributed by atoms with van der Waals surface area (Å²) in [5.41, 5.74) is 3.04. The summed E-state index contributed by atoms with van der Waals surface area (Å²) in [6.45, 7) is -3.10. The van der Waals surface area contributed by atoms with Crippen LogP contribution in [0.5, 0.6) is 0 Å². The maximum atomic E-state index is 14.0. The molecule has 1 atom stereocenters. The lowest BCUT2D eigenvalue weighted by atomic mass is 10.0. The SMILES string of the molecule is [2H]c1c(N)c2c(c([2H])c1F)C(=O)N([C@@H]1C(=O)NC(=O)C([2H])([2H])C1([2H])[2H])C2([2H])[2H]. The van der Waals surface area contributed by atoms with Gasteiger partial charge in [-0.15, -0.1) is 0 Å². The fourth-order valence-electron chi connectivity index (χ4n) is 1.86. The highest BCUT2D eigenvalue weighted by Gasteiger charge is 2.39.